The number of carbonyl (C=O) groups is 1. The lowest BCUT2D eigenvalue weighted by Gasteiger charge is -2.32. The Morgan fingerprint density at radius 1 is 1.21 bits per heavy atom. The molecule has 1 N–H and O–H groups in total. The van der Waals surface area contributed by atoms with E-state index in [0.29, 0.717) is 18.5 Å². The van der Waals surface area contributed by atoms with Crippen LogP contribution < -0.4 is 5.32 Å². The van der Waals surface area contributed by atoms with Crippen molar-refractivity contribution in [3.05, 3.63) is 65.7 Å². The highest BCUT2D eigenvalue weighted by atomic mass is 35.5. The standard InChI is InChI=1S/C22H28FN3O.ClH/c1-17(20-9-2-3-10-21(20)23)15-22(27)26(16-18-7-4-5-13-25-18)19-8-6-12-24-14-11-19;/h2-5,7,9-10,13,17,19,24H,6,8,11-12,14-16H2,1H3;1H. The van der Waals surface area contributed by atoms with Crippen molar-refractivity contribution in [3.63, 3.8) is 0 Å². The maximum Gasteiger partial charge on any atom is 0.223 e. The van der Waals surface area contributed by atoms with Crippen molar-refractivity contribution in [1.29, 1.82) is 0 Å². The topological polar surface area (TPSA) is 45.2 Å². The number of carbonyl (C=O) groups excluding carboxylic acids is 1. The fourth-order valence-electron chi connectivity index (χ4n) is 3.76. The molecule has 0 saturated carbocycles. The predicted octanol–water partition coefficient (Wildman–Crippen LogP) is 4.31. The van der Waals surface area contributed by atoms with E-state index in [1.165, 1.54) is 6.07 Å². The Morgan fingerprint density at radius 2 is 2.00 bits per heavy atom. The van der Waals surface area contributed by atoms with Gasteiger partial charge in [0.2, 0.25) is 5.91 Å². The summed E-state index contributed by atoms with van der Waals surface area (Å²) in [6.45, 7) is 4.34. The van der Waals surface area contributed by atoms with Gasteiger partial charge in [-0.15, -0.1) is 12.4 Å². The summed E-state index contributed by atoms with van der Waals surface area (Å²) in [6, 6.07) is 12.7. The van der Waals surface area contributed by atoms with Crippen molar-refractivity contribution >= 4 is 18.3 Å². The van der Waals surface area contributed by atoms with Gasteiger partial charge >= 0.3 is 0 Å². The number of nitrogens with one attached hydrogen (secondary N) is 1. The number of rotatable bonds is 6. The number of aromatic nitrogens is 1. The van der Waals surface area contributed by atoms with Crippen LogP contribution in [0.3, 0.4) is 0 Å². The molecule has 0 aliphatic carbocycles. The molecule has 2 atom stereocenters. The molecule has 1 aromatic heterocycles. The van der Waals surface area contributed by atoms with Gasteiger partial charge in [0.15, 0.2) is 0 Å². The van der Waals surface area contributed by atoms with Crippen LogP contribution in [-0.4, -0.2) is 34.9 Å². The smallest absolute Gasteiger partial charge is 0.223 e. The van der Waals surface area contributed by atoms with Crippen LogP contribution in [-0.2, 0) is 11.3 Å². The van der Waals surface area contributed by atoms with E-state index >= 15 is 0 Å². The molecule has 2 aromatic rings. The monoisotopic (exact) mass is 405 g/mol. The van der Waals surface area contributed by atoms with Gasteiger partial charge in [-0.05, 0) is 62.0 Å². The molecule has 1 aliphatic heterocycles. The molecule has 28 heavy (non-hydrogen) atoms. The summed E-state index contributed by atoms with van der Waals surface area (Å²) >= 11 is 0. The van der Waals surface area contributed by atoms with Crippen LogP contribution in [0.5, 0.6) is 0 Å². The molecule has 6 heteroatoms. The van der Waals surface area contributed by atoms with Gasteiger partial charge in [-0.2, -0.15) is 0 Å². The SMILES string of the molecule is CC(CC(=O)N(Cc1ccccn1)C1CCCNCC1)c1ccccc1F.Cl. The van der Waals surface area contributed by atoms with Crippen LogP contribution in [0.4, 0.5) is 4.39 Å². The predicted molar refractivity (Wildman–Crippen MR) is 112 cm³/mol. The molecule has 1 amide bonds. The largest absolute Gasteiger partial charge is 0.334 e. The summed E-state index contributed by atoms with van der Waals surface area (Å²) in [6.07, 6.45) is 5.04. The van der Waals surface area contributed by atoms with Crippen LogP contribution in [0.15, 0.2) is 48.7 Å². The normalized spacial score (nSPS) is 17.9. The molecule has 3 rings (SSSR count). The summed E-state index contributed by atoms with van der Waals surface area (Å²) in [4.78, 5) is 19.6. The van der Waals surface area contributed by atoms with Crippen molar-refractivity contribution in [2.45, 2.75) is 51.1 Å². The highest BCUT2D eigenvalue weighted by Gasteiger charge is 2.27. The second-order valence-corrected chi connectivity index (χ2v) is 7.30. The first-order valence-electron chi connectivity index (χ1n) is 9.79. The molecular weight excluding hydrogens is 377 g/mol. The van der Waals surface area contributed by atoms with Crippen molar-refractivity contribution in [1.82, 2.24) is 15.2 Å². The van der Waals surface area contributed by atoms with E-state index in [4.69, 9.17) is 0 Å². The first kappa shape index (κ1) is 22.3. The van der Waals surface area contributed by atoms with E-state index < -0.39 is 0 Å². The third-order valence-corrected chi connectivity index (χ3v) is 5.28. The number of hydrogen-bond acceptors (Lipinski definition) is 3. The van der Waals surface area contributed by atoms with Crippen LogP contribution >= 0.6 is 12.4 Å². The summed E-state index contributed by atoms with van der Waals surface area (Å²) in [7, 11) is 0. The Hall–Kier alpha value is -1.98. The Kier molecular flexibility index (Phi) is 8.87. The molecule has 0 bridgehead atoms. The van der Waals surface area contributed by atoms with Gasteiger partial charge < -0.3 is 10.2 Å². The van der Waals surface area contributed by atoms with E-state index in [9.17, 15) is 9.18 Å². The fraction of sp³-hybridized carbons (Fsp3) is 0.455. The number of halogens is 2. The number of pyridine rings is 1. The molecule has 1 aromatic carbocycles. The van der Waals surface area contributed by atoms with E-state index in [-0.39, 0.29) is 36.1 Å². The third-order valence-electron chi connectivity index (χ3n) is 5.28. The molecule has 1 fully saturated rings. The molecule has 2 unspecified atom stereocenters. The number of amides is 1. The average molecular weight is 406 g/mol. The molecule has 1 aliphatic rings. The third kappa shape index (κ3) is 6.01. The van der Waals surface area contributed by atoms with Crippen molar-refractivity contribution in [3.8, 4) is 0 Å². The van der Waals surface area contributed by atoms with E-state index in [1.807, 2.05) is 36.1 Å². The fourth-order valence-corrected chi connectivity index (χ4v) is 3.76. The van der Waals surface area contributed by atoms with E-state index in [0.717, 1.165) is 38.0 Å². The van der Waals surface area contributed by atoms with Crippen LogP contribution in [0.1, 0.15) is 49.8 Å². The maximum atomic E-state index is 14.1. The second kappa shape index (κ2) is 11.1. The quantitative estimate of drug-likeness (QED) is 0.779. The molecule has 152 valence electrons. The minimum Gasteiger partial charge on any atom is -0.334 e. The van der Waals surface area contributed by atoms with Crippen molar-refractivity contribution in [2.75, 3.05) is 13.1 Å². The first-order valence-corrected chi connectivity index (χ1v) is 9.79. The minimum atomic E-state index is -0.243. The lowest BCUT2D eigenvalue weighted by molar-refractivity contribution is -0.135. The zero-order valence-corrected chi connectivity index (χ0v) is 17.1. The summed E-state index contributed by atoms with van der Waals surface area (Å²) in [5.74, 6) is -0.329. The molecule has 4 nitrogen and oxygen atoms in total. The minimum absolute atomic E-state index is 0. The van der Waals surface area contributed by atoms with Gasteiger partial charge in [0, 0.05) is 18.7 Å². The Labute approximate surface area is 173 Å². The zero-order chi connectivity index (χ0) is 19.1. The molecule has 1 saturated heterocycles. The molecule has 0 spiro atoms. The molecule has 0 radical (unpaired) electrons. The van der Waals surface area contributed by atoms with Gasteiger partial charge in [-0.3, -0.25) is 9.78 Å². The van der Waals surface area contributed by atoms with E-state index in [2.05, 4.69) is 10.3 Å². The average Bonchev–Trinajstić information content (AvgIpc) is 2.96. The van der Waals surface area contributed by atoms with E-state index in [1.54, 1.807) is 18.3 Å². The first-order chi connectivity index (χ1) is 13.1. The lowest BCUT2D eigenvalue weighted by Crippen LogP contribution is -2.41. The van der Waals surface area contributed by atoms with Gasteiger partial charge in [0.25, 0.3) is 0 Å². The highest BCUT2D eigenvalue weighted by molar-refractivity contribution is 5.85. The maximum absolute atomic E-state index is 14.1. The second-order valence-electron chi connectivity index (χ2n) is 7.30. The summed E-state index contributed by atoms with van der Waals surface area (Å²) in [5, 5.41) is 3.41. The van der Waals surface area contributed by atoms with Gasteiger partial charge in [0.1, 0.15) is 5.82 Å². The molecular formula is C22H29ClFN3O. The highest BCUT2D eigenvalue weighted by Crippen LogP contribution is 2.25. The van der Waals surface area contributed by atoms with Crippen molar-refractivity contribution in [2.24, 2.45) is 0 Å². The van der Waals surface area contributed by atoms with Crippen LogP contribution in [0.25, 0.3) is 0 Å². The Bertz CT molecular complexity index is 736. The Balaban J connectivity index is 0.00000280. The van der Waals surface area contributed by atoms with Crippen LogP contribution in [0.2, 0.25) is 0 Å². The van der Waals surface area contributed by atoms with Crippen LogP contribution in [0, 0.1) is 5.82 Å². The lowest BCUT2D eigenvalue weighted by atomic mass is 9.95. The number of benzene rings is 1. The number of nitrogens with zero attached hydrogens (tertiary/aromatic N) is 2. The van der Waals surface area contributed by atoms with Gasteiger partial charge in [-0.1, -0.05) is 31.2 Å². The van der Waals surface area contributed by atoms with Gasteiger partial charge in [0.05, 0.1) is 12.2 Å². The zero-order valence-electron chi connectivity index (χ0n) is 16.3. The number of hydrogen-bond donors (Lipinski definition) is 1. The summed E-state index contributed by atoms with van der Waals surface area (Å²) < 4.78 is 14.1. The van der Waals surface area contributed by atoms with Gasteiger partial charge in [-0.25, -0.2) is 4.39 Å². The summed E-state index contributed by atoms with van der Waals surface area (Å²) in [5.41, 5.74) is 1.49. The molecule has 2 heterocycles. The van der Waals surface area contributed by atoms with Crippen molar-refractivity contribution < 1.29 is 9.18 Å². The Morgan fingerprint density at radius 3 is 2.75 bits per heavy atom.